The zero-order valence-corrected chi connectivity index (χ0v) is 18.4. The molecule has 1 aromatic rings. The number of carboxylic acids is 1. The van der Waals surface area contributed by atoms with Crippen LogP contribution in [0.25, 0.3) is 0 Å². The van der Waals surface area contributed by atoms with Crippen molar-refractivity contribution in [2.45, 2.75) is 19.0 Å². The van der Waals surface area contributed by atoms with E-state index in [0.717, 1.165) is 32.6 Å². The standard InChI is InChI=1S/C18H26ClN3O3.C2HF3O2/c1-25-14-2-10-22(18(24)15-3-5-16(19)6-4-15)11-7-17(23)21-12-8-20-9-13-21;3-2(4,5)1(6)7/h3-6,20H,2,7-14H2,1H3;(H,6,7). The summed E-state index contributed by atoms with van der Waals surface area (Å²) in [7, 11) is 1.64. The lowest BCUT2D eigenvalue weighted by Gasteiger charge is -2.29. The van der Waals surface area contributed by atoms with E-state index >= 15 is 0 Å². The molecule has 2 N–H and O–H groups in total. The van der Waals surface area contributed by atoms with Crippen molar-refractivity contribution in [2.24, 2.45) is 0 Å². The number of methoxy groups -OCH3 is 1. The van der Waals surface area contributed by atoms with E-state index in [1.54, 1.807) is 36.3 Å². The molecule has 2 rings (SSSR count). The monoisotopic (exact) mass is 481 g/mol. The molecule has 0 radical (unpaired) electrons. The van der Waals surface area contributed by atoms with Gasteiger partial charge in [0.1, 0.15) is 0 Å². The number of rotatable bonds is 8. The zero-order chi connectivity index (χ0) is 24.1. The first-order chi connectivity index (χ1) is 15.1. The van der Waals surface area contributed by atoms with E-state index in [-0.39, 0.29) is 11.8 Å². The van der Waals surface area contributed by atoms with Crippen LogP contribution in [0.5, 0.6) is 0 Å². The summed E-state index contributed by atoms with van der Waals surface area (Å²) in [6.07, 6.45) is -4.01. The average molecular weight is 482 g/mol. The Kier molecular flexibility index (Phi) is 12.0. The van der Waals surface area contributed by atoms with Gasteiger partial charge in [0.25, 0.3) is 5.91 Å². The van der Waals surface area contributed by atoms with Crippen LogP contribution in [0, 0.1) is 0 Å². The molecule has 1 aliphatic heterocycles. The van der Waals surface area contributed by atoms with Crippen LogP contribution < -0.4 is 5.32 Å². The smallest absolute Gasteiger partial charge is 0.475 e. The van der Waals surface area contributed by atoms with Crippen LogP contribution in [0.2, 0.25) is 5.02 Å². The third kappa shape index (κ3) is 10.3. The Morgan fingerprint density at radius 2 is 1.72 bits per heavy atom. The molecule has 1 heterocycles. The lowest BCUT2D eigenvalue weighted by atomic mass is 10.2. The minimum atomic E-state index is -5.08. The number of carbonyl (C=O) groups is 3. The molecule has 12 heteroatoms. The van der Waals surface area contributed by atoms with Gasteiger partial charge in [-0.15, -0.1) is 0 Å². The summed E-state index contributed by atoms with van der Waals surface area (Å²) >= 11 is 5.89. The minimum absolute atomic E-state index is 0.0825. The molecule has 1 aromatic carbocycles. The van der Waals surface area contributed by atoms with E-state index in [9.17, 15) is 22.8 Å². The van der Waals surface area contributed by atoms with Gasteiger partial charge in [0.05, 0.1) is 0 Å². The molecule has 0 unspecified atom stereocenters. The number of hydrogen-bond donors (Lipinski definition) is 2. The van der Waals surface area contributed by atoms with Gasteiger partial charge in [-0.05, 0) is 30.7 Å². The molecule has 0 aromatic heterocycles. The SMILES string of the molecule is COCCCN(CCC(=O)N1CCNCC1)C(=O)c1ccc(Cl)cc1.O=C(O)C(F)(F)F. The number of hydrogen-bond acceptors (Lipinski definition) is 5. The Labute approximate surface area is 189 Å². The van der Waals surface area contributed by atoms with Crippen molar-refractivity contribution in [2.75, 3.05) is 53.0 Å². The molecule has 0 aliphatic carbocycles. The van der Waals surface area contributed by atoms with Gasteiger partial charge < -0.3 is 25.0 Å². The molecule has 2 amide bonds. The van der Waals surface area contributed by atoms with Crippen LogP contribution in [0.1, 0.15) is 23.2 Å². The van der Waals surface area contributed by atoms with E-state index in [4.69, 9.17) is 26.2 Å². The molecule has 1 saturated heterocycles. The van der Waals surface area contributed by atoms with Crippen LogP contribution in [0.4, 0.5) is 13.2 Å². The van der Waals surface area contributed by atoms with E-state index < -0.39 is 12.1 Å². The number of piperazine rings is 1. The van der Waals surface area contributed by atoms with Gasteiger partial charge in [-0.1, -0.05) is 11.6 Å². The third-order valence-corrected chi connectivity index (χ3v) is 4.71. The summed E-state index contributed by atoms with van der Waals surface area (Å²) in [4.78, 5) is 37.6. The topological polar surface area (TPSA) is 99.2 Å². The van der Waals surface area contributed by atoms with Crippen molar-refractivity contribution in [3.05, 3.63) is 34.9 Å². The van der Waals surface area contributed by atoms with Gasteiger partial charge >= 0.3 is 12.1 Å². The second-order valence-electron chi connectivity index (χ2n) is 6.83. The van der Waals surface area contributed by atoms with Gasteiger partial charge in [0, 0.05) is 70.0 Å². The van der Waals surface area contributed by atoms with Gasteiger partial charge in [0.15, 0.2) is 0 Å². The molecule has 32 heavy (non-hydrogen) atoms. The molecule has 0 bridgehead atoms. The van der Waals surface area contributed by atoms with Crippen LogP contribution in [-0.4, -0.2) is 91.9 Å². The molecule has 0 atom stereocenters. The van der Waals surface area contributed by atoms with Gasteiger partial charge in [-0.3, -0.25) is 9.59 Å². The minimum Gasteiger partial charge on any atom is -0.475 e. The molecular weight excluding hydrogens is 455 g/mol. The van der Waals surface area contributed by atoms with Gasteiger partial charge in [-0.2, -0.15) is 13.2 Å². The Balaban J connectivity index is 0.000000633. The second-order valence-corrected chi connectivity index (χ2v) is 7.27. The van der Waals surface area contributed by atoms with Crippen molar-refractivity contribution in [3.63, 3.8) is 0 Å². The molecule has 0 spiro atoms. The maximum atomic E-state index is 12.7. The van der Waals surface area contributed by atoms with Crippen molar-refractivity contribution in [1.29, 1.82) is 0 Å². The highest BCUT2D eigenvalue weighted by Crippen LogP contribution is 2.14. The summed E-state index contributed by atoms with van der Waals surface area (Å²) in [6, 6.07) is 6.83. The number of amides is 2. The first kappa shape index (κ1) is 27.7. The summed E-state index contributed by atoms with van der Waals surface area (Å²) in [5, 5.41) is 10.9. The number of ether oxygens (including phenoxy) is 1. The maximum absolute atomic E-state index is 12.7. The number of benzene rings is 1. The van der Waals surface area contributed by atoms with E-state index in [1.807, 2.05) is 4.90 Å². The predicted octanol–water partition coefficient (Wildman–Crippen LogP) is 2.27. The number of aliphatic carboxylic acids is 1. The normalized spacial score (nSPS) is 13.7. The van der Waals surface area contributed by atoms with Crippen LogP contribution >= 0.6 is 11.6 Å². The molecule has 1 fully saturated rings. The second kappa shape index (κ2) is 13.9. The van der Waals surface area contributed by atoms with E-state index in [2.05, 4.69) is 5.32 Å². The molecule has 1 aliphatic rings. The summed E-state index contributed by atoms with van der Waals surface area (Å²) in [5.41, 5.74) is 0.580. The number of alkyl halides is 3. The fourth-order valence-electron chi connectivity index (χ4n) is 2.79. The molecule has 8 nitrogen and oxygen atoms in total. The summed E-state index contributed by atoms with van der Waals surface area (Å²) < 4.78 is 36.8. The maximum Gasteiger partial charge on any atom is 0.490 e. The Bertz CT molecular complexity index is 741. The van der Waals surface area contributed by atoms with Crippen LogP contribution in [0.15, 0.2) is 24.3 Å². The number of nitrogens with one attached hydrogen (secondary N) is 1. The van der Waals surface area contributed by atoms with E-state index in [1.165, 1.54) is 0 Å². The van der Waals surface area contributed by atoms with E-state index in [0.29, 0.717) is 36.7 Å². The highest BCUT2D eigenvalue weighted by atomic mass is 35.5. The van der Waals surface area contributed by atoms with Gasteiger partial charge in [0.2, 0.25) is 5.91 Å². The Hall–Kier alpha value is -2.37. The van der Waals surface area contributed by atoms with Crippen molar-refractivity contribution in [3.8, 4) is 0 Å². The number of nitrogens with zero attached hydrogens (tertiary/aromatic N) is 2. The Morgan fingerprint density at radius 1 is 1.16 bits per heavy atom. The number of halogens is 4. The largest absolute Gasteiger partial charge is 0.490 e. The lowest BCUT2D eigenvalue weighted by molar-refractivity contribution is -0.192. The first-order valence-corrected chi connectivity index (χ1v) is 10.3. The molecule has 0 saturated carbocycles. The van der Waals surface area contributed by atoms with Crippen molar-refractivity contribution >= 4 is 29.4 Å². The fraction of sp³-hybridized carbons (Fsp3) is 0.550. The molecular formula is C20H27ClF3N3O5. The van der Waals surface area contributed by atoms with Gasteiger partial charge in [-0.25, -0.2) is 4.79 Å². The zero-order valence-electron chi connectivity index (χ0n) is 17.7. The average Bonchev–Trinajstić information content (AvgIpc) is 2.76. The van der Waals surface area contributed by atoms with Crippen molar-refractivity contribution in [1.82, 2.24) is 15.1 Å². The molecule has 180 valence electrons. The fourth-order valence-corrected chi connectivity index (χ4v) is 2.92. The highest BCUT2D eigenvalue weighted by Gasteiger charge is 2.38. The number of carbonyl (C=O) groups excluding carboxylic acids is 2. The predicted molar refractivity (Wildman–Crippen MR) is 112 cm³/mol. The highest BCUT2D eigenvalue weighted by molar-refractivity contribution is 6.30. The summed E-state index contributed by atoms with van der Waals surface area (Å²) in [6.45, 7) is 4.66. The number of carboxylic acid groups (broad SMARTS) is 1. The van der Waals surface area contributed by atoms with Crippen LogP contribution in [-0.2, 0) is 14.3 Å². The third-order valence-electron chi connectivity index (χ3n) is 4.46. The first-order valence-electron chi connectivity index (χ1n) is 9.88. The Morgan fingerprint density at radius 3 is 2.22 bits per heavy atom. The van der Waals surface area contributed by atoms with Crippen LogP contribution in [0.3, 0.4) is 0 Å². The summed E-state index contributed by atoms with van der Waals surface area (Å²) in [5.74, 6) is -2.74. The lowest BCUT2D eigenvalue weighted by Crippen LogP contribution is -2.47. The van der Waals surface area contributed by atoms with Crippen molar-refractivity contribution < 1.29 is 37.4 Å². The quantitative estimate of drug-likeness (QED) is 0.553.